The Kier molecular flexibility index (Phi) is 8.43. The van der Waals surface area contributed by atoms with Gasteiger partial charge in [-0.1, -0.05) is 48.0 Å². The molecule has 1 aliphatic heterocycles. The molecule has 0 radical (unpaired) electrons. The molecule has 0 bridgehead atoms. The van der Waals surface area contributed by atoms with Crippen LogP contribution in [0.3, 0.4) is 0 Å². The molecule has 29 heavy (non-hydrogen) atoms. The number of likely N-dealkylation sites (N-methyl/N-ethyl adjacent to an activating group) is 1. The molecule has 2 N–H and O–H groups in total. The number of carboxylic acid groups (broad SMARTS) is 2. The summed E-state index contributed by atoms with van der Waals surface area (Å²) in [5.74, 6) is -1.10. The number of hydrogen-bond donors (Lipinski definition) is 2. The Balaban J connectivity index is 0.000000321. The Bertz CT molecular complexity index is 801. The SMILES string of the molecule is Cc1ccc(OC2CCN(C)CC2c2ccccc2)cc1.O=C(O)C=CC(=O)O. The highest BCUT2D eigenvalue weighted by atomic mass is 16.5. The molecule has 2 aromatic rings. The van der Waals surface area contributed by atoms with Crippen LogP contribution in [0.4, 0.5) is 0 Å². The molecule has 1 fully saturated rings. The van der Waals surface area contributed by atoms with Gasteiger partial charge in [0.1, 0.15) is 11.9 Å². The minimum absolute atomic E-state index is 0.256. The maximum Gasteiger partial charge on any atom is 0.328 e. The van der Waals surface area contributed by atoms with Crippen molar-refractivity contribution < 1.29 is 24.5 Å². The third-order valence-electron chi connectivity index (χ3n) is 4.66. The molecule has 6 nitrogen and oxygen atoms in total. The summed E-state index contributed by atoms with van der Waals surface area (Å²) >= 11 is 0. The normalized spacial score (nSPS) is 19.2. The minimum Gasteiger partial charge on any atom is -0.490 e. The van der Waals surface area contributed by atoms with Crippen LogP contribution in [0.1, 0.15) is 23.5 Å². The molecule has 0 saturated carbocycles. The maximum absolute atomic E-state index is 9.55. The second-order valence-corrected chi connectivity index (χ2v) is 7.05. The van der Waals surface area contributed by atoms with E-state index in [0.29, 0.717) is 18.1 Å². The van der Waals surface area contributed by atoms with Crippen molar-refractivity contribution in [3.63, 3.8) is 0 Å². The molecule has 1 saturated heterocycles. The molecule has 0 aromatic heterocycles. The Morgan fingerprint density at radius 3 is 2.14 bits per heavy atom. The molecule has 2 unspecified atom stereocenters. The fourth-order valence-electron chi connectivity index (χ4n) is 3.19. The third kappa shape index (κ3) is 7.79. The van der Waals surface area contributed by atoms with Crippen molar-refractivity contribution in [1.82, 2.24) is 4.90 Å². The fraction of sp³-hybridized carbons (Fsp3) is 0.304. The lowest BCUT2D eigenvalue weighted by molar-refractivity contribution is -0.134. The van der Waals surface area contributed by atoms with Crippen LogP contribution in [0.25, 0.3) is 0 Å². The van der Waals surface area contributed by atoms with E-state index in [9.17, 15) is 9.59 Å². The zero-order chi connectivity index (χ0) is 21.2. The van der Waals surface area contributed by atoms with Crippen LogP contribution in [0, 0.1) is 6.92 Å². The van der Waals surface area contributed by atoms with E-state index in [1.165, 1.54) is 11.1 Å². The highest BCUT2D eigenvalue weighted by Crippen LogP contribution is 2.30. The topological polar surface area (TPSA) is 87.1 Å². The lowest BCUT2D eigenvalue weighted by atomic mass is 9.88. The molecule has 6 heteroatoms. The molecule has 154 valence electrons. The second kappa shape index (κ2) is 11.0. The summed E-state index contributed by atoms with van der Waals surface area (Å²) in [6.07, 6.45) is 2.44. The highest BCUT2D eigenvalue weighted by Gasteiger charge is 2.30. The van der Waals surface area contributed by atoms with Gasteiger partial charge in [-0.05, 0) is 38.1 Å². The van der Waals surface area contributed by atoms with Gasteiger partial charge in [0.25, 0.3) is 0 Å². The Labute approximate surface area is 171 Å². The standard InChI is InChI=1S/C19H23NO.C4H4O4/c1-15-8-10-17(11-9-15)21-19-12-13-20(2)14-18(19)16-6-4-3-5-7-16;5-3(6)1-2-4(7)8/h3-11,18-19H,12-14H2,1-2H3;1-2H,(H,5,6)(H,7,8). The van der Waals surface area contributed by atoms with Crippen molar-refractivity contribution in [2.45, 2.75) is 25.4 Å². The molecule has 2 aromatic carbocycles. The largest absolute Gasteiger partial charge is 0.490 e. The molecule has 1 aliphatic rings. The van der Waals surface area contributed by atoms with Crippen LogP contribution < -0.4 is 4.74 Å². The van der Waals surface area contributed by atoms with Gasteiger partial charge in [0, 0.05) is 31.2 Å². The zero-order valence-corrected chi connectivity index (χ0v) is 16.7. The summed E-state index contributed by atoms with van der Waals surface area (Å²) in [5.41, 5.74) is 2.64. The molecule has 0 spiro atoms. The Morgan fingerprint density at radius 1 is 1.00 bits per heavy atom. The van der Waals surface area contributed by atoms with Crippen molar-refractivity contribution in [2.24, 2.45) is 0 Å². The molecular weight excluding hydrogens is 370 g/mol. The van der Waals surface area contributed by atoms with Crippen LogP contribution in [0.5, 0.6) is 5.75 Å². The first-order valence-corrected chi connectivity index (χ1v) is 9.46. The number of carboxylic acids is 2. The smallest absolute Gasteiger partial charge is 0.328 e. The summed E-state index contributed by atoms with van der Waals surface area (Å²) in [6.45, 7) is 4.26. The molecule has 1 heterocycles. The molecule has 0 amide bonds. The molecule has 2 atom stereocenters. The minimum atomic E-state index is -1.26. The second-order valence-electron chi connectivity index (χ2n) is 7.05. The lowest BCUT2D eigenvalue weighted by Crippen LogP contribution is -2.42. The first-order valence-electron chi connectivity index (χ1n) is 9.46. The number of carbonyl (C=O) groups is 2. The first-order chi connectivity index (χ1) is 13.8. The predicted octanol–water partition coefficient (Wildman–Crippen LogP) is 3.57. The number of aliphatic carboxylic acids is 2. The average Bonchev–Trinajstić information content (AvgIpc) is 2.70. The van der Waals surface area contributed by atoms with E-state index in [2.05, 4.69) is 73.5 Å². The van der Waals surface area contributed by atoms with Gasteiger partial charge in [-0.2, -0.15) is 0 Å². The number of hydrogen-bond acceptors (Lipinski definition) is 4. The van der Waals surface area contributed by atoms with E-state index in [-0.39, 0.29) is 6.10 Å². The maximum atomic E-state index is 9.55. The van der Waals surface area contributed by atoms with Crippen molar-refractivity contribution in [3.8, 4) is 5.75 Å². The zero-order valence-electron chi connectivity index (χ0n) is 16.7. The van der Waals surface area contributed by atoms with Crippen molar-refractivity contribution >= 4 is 11.9 Å². The number of nitrogens with zero attached hydrogens (tertiary/aromatic N) is 1. The number of benzene rings is 2. The lowest BCUT2D eigenvalue weighted by Gasteiger charge is -2.37. The monoisotopic (exact) mass is 397 g/mol. The first kappa shape index (κ1) is 22.2. The average molecular weight is 397 g/mol. The van der Waals surface area contributed by atoms with E-state index in [1.54, 1.807) is 0 Å². The van der Waals surface area contributed by atoms with E-state index in [1.807, 2.05) is 0 Å². The number of aryl methyl sites for hydroxylation is 1. The highest BCUT2D eigenvalue weighted by molar-refractivity contribution is 5.89. The summed E-state index contributed by atoms with van der Waals surface area (Å²) in [5, 5.41) is 15.6. The van der Waals surface area contributed by atoms with Crippen LogP contribution >= 0.6 is 0 Å². The summed E-state index contributed by atoms with van der Waals surface area (Å²) in [7, 11) is 2.19. The summed E-state index contributed by atoms with van der Waals surface area (Å²) in [6, 6.07) is 19.1. The van der Waals surface area contributed by atoms with E-state index >= 15 is 0 Å². The van der Waals surface area contributed by atoms with Gasteiger partial charge in [-0.25, -0.2) is 9.59 Å². The summed E-state index contributed by atoms with van der Waals surface area (Å²) < 4.78 is 6.30. The number of rotatable bonds is 5. The van der Waals surface area contributed by atoms with Gasteiger partial charge < -0.3 is 19.8 Å². The van der Waals surface area contributed by atoms with Gasteiger partial charge in [0.15, 0.2) is 0 Å². The van der Waals surface area contributed by atoms with Crippen LogP contribution in [-0.4, -0.2) is 53.3 Å². The number of piperidine rings is 1. The van der Waals surface area contributed by atoms with Gasteiger partial charge in [0.05, 0.1) is 0 Å². The van der Waals surface area contributed by atoms with Gasteiger partial charge in [-0.15, -0.1) is 0 Å². The van der Waals surface area contributed by atoms with Crippen LogP contribution in [0.2, 0.25) is 0 Å². The van der Waals surface area contributed by atoms with Crippen molar-refractivity contribution in [3.05, 3.63) is 77.9 Å². The molecular formula is C23H27NO5. The van der Waals surface area contributed by atoms with E-state index in [4.69, 9.17) is 14.9 Å². The number of ether oxygens (including phenoxy) is 1. The van der Waals surface area contributed by atoms with E-state index < -0.39 is 11.9 Å². The quantitative estimate of drug-likeness (QED) is 0.750. The Morgan fingerprint density at radius 2 is 1.59 bits per heavy atom. The van der Waals surface area contributed by atoms with Crippen molar-refractivity contribution in [1.29, 1.82) is 0 Å². The Hall–Kier alpha value is -3.12. The molecule has 0 aliphatic carbocycles. The molecule has 3 rings (SSSR count). The predicted molar refractivity (Wildman–Crippen MR) is 111 cm³/mol. The summed E-state index contributed by atoms with van der Waals surface area (Å²) in [4.78, 5) is 21.5. The van der Waals surface area contributed by atoms with Gasteiger partial charge >= 0.3 is 11.9 Å². The third-order valence-corrected chi connectivity index (χ3v) is 4.66. The number of likely N-dealkylation sites (tertiary alicyclic amines) is 1. The van der Waals surface area contributed by atoms with Gasteiger partial charge in [0.2, 0.25) is 0 Å². The fourth-order valence-corrected chi connectivity index (χ4v) is 3.19. The van der Waals surface area contributed by atoms with Crippen LogP contribution in [-0.2, 0) is 9.59 Å². The van der Waals surface area contributed by atoms with Crippen LogP contribution in [0.15, 0.2) is 66.7 Å². The van der Waals surface area contributed by atoms with Crippen molar-refractivity contribution in [2.75, 3.05) is 20.1 Å². The van der Waals surface area contributed by atoms with E-state index in [0.717, 1.165) is 25.3 Å². The van der Waals surface area contributed by atoms with Gasteiger partial charge in [-0.3, -0.25) is 0 Å².